The van der Waals surface area contributed by atoms with E-state index in [0.29, 0.717) is 6.42 Å². The second-order valence-corrected chi connectivity index (χ2v) is 5.27. The quantitative estimate of drug-likeness (QED) is 0.753. The van der Waals surface area contributed by atoms with Gasteiger partial charge in [-0.25, -0.2) is 0 Å². The smallest absolute Gasteiger partial charge is 0.259 e. The van der Waals surface area contributed by atoms with E-state index in [-0.39, 0.29) is 35.0 Å². The molecule has 1 fully saturated rings. The van der Waals surface area contributed by atoms with Gasteiger partial charge in [-0.15, -0.1) is 0 Å². The molecule has 0 bridgehead atoms. The fourth-order valence-electron chi connectivity index (χ4n) is 2.89. The molecule has 2 aliphatic rings. The van der Waals surface area contributed by atoms with Crippen LogP contribution in [0.2, 0.25) is 0 Å². The SMILES string of the molecule is CCCC1NC(=O)C(C(=O)C2CCCCC2)=C1O. The maximum atomic E-state index is 12.3. The minimum atomic E-state index is -0.387. The van der Waals surface area contributed by atoms with Gasteiger partial charge in [-0.3, -0.25) is 9.59 Å². The Morgan fingerprint density at radius 2 is 2.00 bits per heavy atom. The number of aliphatic hydroxyl groups is 1. The van der Waals surface area contributed by atoms with E-state index in [0.717, 1.165) is 32.1 Å². The predicted molar refractivity (Wildman–Crippen MR) is 68.1 cm³/mol. The average Bonchev–Trinajstić information content (AvgIpc) is 2.65. The van der Waals surface area contributed by atoms with Gasteiger partial charge in [-0.1, -0.05) is 32.6 Å². The van der Waals surface area contributed by atoms with Crippen molar-refractivity contribution in [3.63, 3.8) is 0 Å². The minimum Gasteiger partial charge on any atom is -0.509 e. The molecule has 1 saturated carbocycles. The first-order chi connectivity index (χ1) is 8.65. The van der Waals surface area contributed by atoms with E-state index in [1.165, 1.54) is 6.42 Å². The molecule has 18 heavy (non-hydrogen) atoms. The summed E-state index contributed by atoms with van der Waals surface area (Å²) in [7, 11) is 0. The molecule has 0 aromatic rings. The molecule has 0 aromatic heterocycles. The topological polar surface area (TPSA) is 66.4 Å². The van der Waals surface area contributed by atoms with Gasteiger partial charge in [0.25, 0.3) is 5.91 Å². The second-order valence-electron chi connectivity index (χ2n) is 5.27. The highest BCUT2D eigenvalue weighted by atomic mass is 16.3. The maximum Gasteiger partial charge on any atom is 0.259 e. The Bertz CT molecular complexity index is 381. The molecule has 2 rings (SSSR count). The highest BCUT2D eigenvalue weighted by Gasteiger charge is 2.38. The summed E-state index contributed by atoms with van der Waals surface area (Å²) in [6.45, 7) is 1.99. The van der Waals surface area contributed by atoms with Crippen LogP contribution >= 0.6 is 0 Å². The molecule has 4 heteroatoms. The summed E-state index contributed by atoms with van der Waals surface area (Å²) in [5, 5.41) is 12.7. The lowest BCUT2D eigenvalue weighted by Crippen LogP contribution is -2.30. The Labute approximate surface area is 107 Å². The lowest BCUT2D eigenvalue weighted by atomic mass is 9.83. The number of hydrogen-bond acceptors (Lipinski definition) is 3. The zero-order chi connectivity index (χ0) is 13.1. The number of hydrogen-bond donors (Lipinski definition) is 2. The molecule has 1 heterocycles. The predicted octanol–water partition coefficient (Wildman–Crippen LogP) is 2.25. The fourth-order valence-corrected chi connectivity index (χ4v) is 2.89. The number of ketones is 1. The van der Waals surface area contributed by atoms with E-state index in [2.05, 4.69) is 5.32 Å². The van der Waals surface area contributed by atoms with E-state index in [4.69, 9.17) is 0 Å². The summed E-state index contributed by atoms with van der Waals surface area (Å²) >= 11 is 0. The third-order valence-corrected chi connectivity index (χ3v) is 3.92. The van der Waals surface area contributed by atoms with Gasteiger partial charge >= 0.3 is 0 Å². The molecule has 4 nitrogen and oxygen atoms in total. The lowest BCUT2D eigenvalue weighted by Gasteiger charge is -2.20. The molecule has 1 unspecified atom stereocenters. The molecule has 0 saturated heterocycles. The number of aliphatic hydroxyl groups excluding tert-OH is 1. The Kier molecular flexibility index (Phi) is 4.04. The number of carbonyl (C=O) groups is 2. The monoisotopic (exact) mass is 251 g/mol. The number of nitrogens with one attached hydrogen (secondary N) is 1. The standard InChI is InChI=1S/C14H21NO3/c1-2-6-10-13(17)11(14(18)15-10)12(16)9-7-4-3-5-8-9/h9-10,17H,2-8H2,1H3,(H,15,18). The van der Waals surface area contributed by atoms with Crippen LogP contribution in [0.3, 0.4) is 0 Å². The number of rotatable bonds is 4. The normalized spacial score (nSPS) is 25.4. The highest BCUT2D eigenvalue weighted by Crippen LogP contribution is 2.29. The fraction of sp³-hybridized carbons (Fsp3) is 0.714. The van der Waals surface area contributed by atoms with E-state index in [1.807, 2.05) is 6.92 Å². The Morgan fingerprint density at radius 1 is 1.33 bits per heavy atom. The van der Waals surface area contributed by atoms with Crippen LogP contribution in [0.5, 0.6) is 0 Å². The summed E-state index contributed by atoms with van der Waals surface area (Å²) in [6, 6.07) is -0.356. The van der Waals surface area contributed by atoms with Crippen molar-refractivity contribution in [3.05, 3.63) is 11.3 Å². The zero-order valence-corrected chi connectivity index (χ0v) is 10.9. The van der Waals surface area contributed by atoms with Crippen molar-refractivity contribution in [1.29, 1.82) is 0 Å². The molecule has 0 radical (unpaired) electrons. The largest absolute Gasteiger partial charge is 0.509 e. The highest BCUT2D eigenvalue weighted by molar-refractivity contribution is 6.22. The van der Waals surface area contributed by atoms with Crippen molar-refractivity contribution >= 4 is 11.7 Å². The van der Waals surface area contributed by atoms with Crippen molar-refractivity contribution in [2.24, 2.45) is 5.92 Å². The van der Waals surface area contributed by atoms with Crippen LogP contribution in [-0.4, -0.2) is 22.8 Å². The molecular formula is C14H21NO3. The zero-order valence-electron chi connectivity index (χ0n) is 10.9. The van der Waals surface area contributed by atoms with Crippen molar-refractivity contribution in [3.8, 4) is 0 Å². The lowest BCUT2D eigenvalue weighted by molar-refractivity contribution is -0.124. The van der Waals surface area contributed by atoms with Crippen LogP contribution < -0.4 is 5.32 Å². The molecule has 0 aromatic carbocycles. The van der Waals surface area contributed by atoms with Crippen molar-refractivity contribution in [2.75, 3.05) is 0 Å². The van der Waals surface area contributed by atoms with Crippen molar-refractivity contribution in [2.45, 2.75) is 57.9 Å². The number of Topliss-reactive ketones (excluding diaryl/α,β-unsaturated/α-hetero) is 1. The third-order valence-electron chi connectivity index (χ3n) is 3.92. The molecule has 1 aliphatic carbocycles. The van der Waals surface area contributed by atoms with E-state index < -0.39 is 0 Å². The van der Waals surface area contributed by atoms with Gasteiger partial charge in [-0.05, 0) is 19.3 Å². The van der Waals surface area contributed by atoms with Crippen LogP contribution in [0, 0.1) is 5.92 Å². The number of carbonyl (C=O) groups excluding carboxylic acids is 2. The van der Waals surface area contributed by atoms with Gasteiger partial charge in [0.15, 0.2) is 5.78 Å². The average molecular weight is 251 g/mol. The van der Waals surface area contributed by atoms with Crippen LogP contribution in [-0.2, 0) is 9.59 Å². The van der Waals surface area contributed by atoms with Crippen LogP contribution in [0.25, 0.3) is 0 Å². The summed E-state index contributed by atoms with van der Waals surface area (Å²) in [5.74, 6) is -0.635. The molecular weight excluding hydrogens is 230 g/mol. The third kappa shape index (κ3) is 2.42. The summed E-state index contributed by atoms with van der Waals surface area (Å²) < 4.78 is 0. The molecule has 1 atom stereocenters. The van der Waals surface area contributed by atoms with Gasteiger partial charge in [-0.2, -0.15) is 0 Å². The Morgan fingerprint density at radius 3 is 2.61 bits per heavy atom. The van der Waals surface area contributed by atoms with Crippen LogP contribution in [0.1, 0.15) is 51.9 Å². The summed E-state index contributed by atoms with van der Waals surface area (Å²) in [5.41, 5.74) is 0.0281. The maximum absolute atomic E-state index is 12.3. The first kappa shape index (κ1) is 13.1. The first-order valence-corrected chi connectivity index (χ1v) is 6.93. The Hall–Kier alpha value is -1.32. The minimum absolute atomic E-state index is 0.0281. The molecule has 2 N–H and O–H groups in total. The summed E-state index contributed by atoms with van der Waals surface area (Å²) in [6.07, 6.45) is 6.50. The molecule has 1 amide bonds. The Balaban J connectivity index is 2.14. The molecule has 100 valence electrons. The van der Waals surface area contributed by atoms with Crippen LogP contribution in [0.4, 0.5) is 0 Å². The van der Waals surface area contributed by atoms with Crippen molar-refractivity contribution in [1.82, 2.24) is 5.32 Å². The molecule has 1 aliphatic heterocycles. The van der Waals surface area contributed by atoms with Gasteiger partial charge in [0.2, 0.25) is 0 Å². The van der Waals surface area contributed by atoms with E-state index in [1.54, 1.807) is 0 Å². The second kappa shape index (κ2) is 5.55. The van der Waals surface area contributed by atoms with Gasteiger partial charge < -0.3 is 10.4 Å². The summed E-state index contributed by atoms with van der Waals surface area (Å²) in [4.78, 5) is 24.1. The van der Waals surface area contributed by atoms with Crippen LogP contribution in [0.15, 0.2) is 11.3 Å². The molecule has 0 spiro atoms. The van der Waals surface area contributed by atoms with Gasteiger partial charge in [0.05, 0.1) is 6.04 Å². The van der Waals surface area contributed by atoms with Gasteiger partial charge in [0, 0.05) is 5.92 Å². The number of amides is 1. The van der Waals surface area contributed by atoms with Gasteiger partial charge in [0.1, 0.15) is 11.3 Å². The van der Waals surface area contributed by atoms with Crippen molar-refractivity contribution < 1.29 is 14.7 Å². The van der Waals surface area contributed by atoms with E-state index in [9.17, 15) is 14.7 Å². The van der Waals surface area contributed by atoms with E-state index >= 15 is 0 Å². The first-order valence-electron chi connectivity index (χ1n) is 6.93.